The lowest BCUT2D eigenvalue weighted by Crippen LogP contribution is -1.76. The highest BCUT2D eigenvalue weighted by molar-refractivity contribution is 7.11. The second-order valence-corrected chi connectivity index (χ2v) is 4.03. The summed E-state index contributed by atoms with van der Waals surface area (Å²) >= 11 is 1.76. The van der Waals surface area contributed by atoms with E-state index in [4.69, 9.17) is 0 Å². The molecule has 0 aromatic carbocycles. The average molecular weight is 208 g/mol. The van der Waals surface area contributed by atoms with Gasteiger partial charge in [-0.15, -0.1) is 11.3 Å². The van der Waals surface area contributed by atoms with Crippen molar-refractivity contribution in [3.8, 4) is 0 Å². The Morgan fingerprint density at radius 1 is 1.36 bits per heavy atom. The molecule has 1 rings (SSSR count). The second kappa shape index (κ2) is 6.61. The van der Waals surface area contributed by atoms with Crippen LogP contribution in [-0.4, -0.2) is 0 Å². The smallest absolute Gasteiger partial charge is 0.0339 e. The fourth-order valence-corrected chi connectivity index (χ4v) is 1.98. The van der Waals surface area contributed by atoms with Crippen molar-refractivity contribution >= 4 is 23.5 Å². The summed E-state index contributed by atoms with van der Waals surface area (Å²) in [6.07, 6.45) is 4.13. The standard InChI is InChI=1S/C11H14S.C2H6/c1-5-11-10(6-8(2)3)9(4)7-12-11;1-2/h5-7H,1H2,2-4H3;1-2H3. The molecule has 0 spiro atoms. The molecule has 0 aliphatic rings. The molecule has 1 aromatic heterocycles. The third kappa shape index (κ3) is 3.51. The van der Waals surface area contributed by atoms with Crippen molar-refractivity contribution in [1.82, 2.24) is 0 Å². The maximum atomic E-state index is 3.79. The van der Waals surface area contributed by atoms with Crippen LogP contribution in [0.1, 0.15) is 43.7 Å². The van der Waals surface area contributed by atoms with Crippen molar-refractivity contribution in [2.75, 3.05) is 0 Å². The largest absolute Gasteiger partial charge is 0.144 e. The van der Waals surface area contributed by atoms with Gasteiger partial charge in [0, 0.05) is 4.88 Å². The molecule has 0 amide bonds. The summed E-state index contributed by atoms with van der Waals surface area (Å²) in [5, 5.41) is 2.17. The zero-order chi connectivity index (χ0) is 11.1. The van der Waals surface area contributed by atoms with Crippen LogP contribution in [0.3, 0.4) is 0 Å². The van der Waals surface area contributed by atoms with Crippen LogP contribution in [0.15, 0.2) is 17.5 Å². The number of hydrogen-bond acceptors (Lipinski definition) is 1. The van der Waals surface area contributed by atoms with Crippen LogP contribution < -0.4 is 0 Å². The highest BCUT2D eigenvalue weighted by Gasteiger charge is 2.01. The predicted octanol–water partition coefficient (Wildman–Crippen LogP) is 5.15. The van der Waals surface area contributed by atoms with Crippen LogP contribution in [0.25, 0.3) is 12.2 Å². The van der Waals surface area contributed by atoms with Crippen molar-refractivity contribution < 1.29 is 0 Å². The summed E-state index contributed by atoms with van der Waals surface area (Å²) in [5.74, 6) is 0. The zero-order valence-corrected chi connectivity index (χ0v) is 10.7. The first-order valence-corrected chi connectivity index (χ1v) is 5.88. The lowest BCUT2D eigenvalue weighted by molar-refractivity contribution is 1.41. The second-order valence-electron chi connectivity index (χ2n) is 3.12. The minimum atomic E-state index is 1.27. The lowest BCUT2D eigenvalue weighted by Gasteiger charge is -1.95. The number of allylic oxidation sites excluding steroid dienone is 1. The molecule has 1 heteroatoms. The number of hydrogen-bond donors (Lipinski definition) is 0. The normalized spacial score (nSPS) is 8.64. The van der Waals surface area contributed by atoms with E-state index < -0.39 is 0 Å². The van der Waals surface area contributed by atoms with E-state index in [-0.39, 0.29) is 0 Å². The van der Waals surface area contributed by atoms with E-state index in [0.717, 1.165) is 0 Å². The molecule has 0 N–H and O–H groups in total. The van der Waals surface area contributed by atoms with Crippen LogP contribution in [0.2, 0.25) is 0 Å². The molecule has 0 aliphatic carbocycles. The predicted molar refractivity (Wildman–Crippen MR) is 69.8 cm³/mol. The summed E-state index contributed by atoms with van der Waals surface area (Å²) in [5.41, 5.74) is 4.01. The van der Waals surface area contributed by atoms with Gasteiger partial charge in [0.15, 0.2) is 0 Å². The molecule has 0 saturated carbocycles. The molecule has 1 aromatic rings. The quantitative estimate of drug-likeness (QED) is 0.630. The van der Waals surface area contributed by atoms with Crippen LogP contribution in [0, 0.1) is 6.92 Å². The molecule has 0 saturated heterocycles. The minimum absolute atomic E-state index is 1.27. The van der Waals surface area contributed by atoms with E-state index in [1.165, 1.54) is 21.6 Å². The van der Waals surface area contributed by atoms with Crippen LogP contribution in [-0.2, 0) is 0 Å². The molecular weight excluding hydrogens is 188 g/mol. The first-order valence-electron chi connectivity index (χ1n) is 5.00. The van der Waals surface area contributed by atoms with E-state index in [1.807, 2.05) is 19.9 Å². The van der Waals surface area contributed by atoms with Crippen LogP contribution in [0.4, 0.5) is 0 Å². The first-order chi connectivity index (χ1) is 6.65. The maximum Gasteiger partial charge on any atom is 0.0339 e. The SMILES string of the molecule is C=Cc1scc(C)c1C=C(C)C.CC. The van der Waals surface area contributed by atoms with E-state index in [0.29, 0.717) is 0 Å². The van der Waals surface area contributed by atoms with Gasteiger partial charge in [-0.1, -0.05) is 38.2 Å². The summed E-state index contributed by atoms with van der Waals surface area (Å²) in [6.45, 7) is 14.2. The number of rotatable bonds is 2. The Morgan fingerprint density at radius 2 is 1.93 bits per heavy atom. The minimum Gasteiger partial charge on any atom is -0.144 e. The van der Waals surface area contributed by atoms with Gasteiger partial charge in [-0.05, 0) is 37.3 Å². The van der Waals surface area contributed by atoms with Crippen molar-refractivity contribution in [1.29, 1.82) is 0 Å². The Hall–Kier alpha value is -0.820. The van der Waals surface area contributed by atoms with Gasteiger partial charge in [-0.3, -0.25) is 0 Å². The van der Waals surface area contributed by atoms with Gasteiger partial charge in [0.1, 0.15) is 0 Å². The Labute approximate surface area is 92.0 Å². The topological polar surface area (TPSA) is 0 Å². The fraction of sp³-hybridized carbons (Fsp3) is 0.385. The lowest BCUT2D eigenvalue weighted by atomic mass is 10.1. The highest BCUT2D eigenvalue weighted by atomic mass is 32.1. The molecule has 0 unspecified atom stereocenters. The van der Waals surface area contributed by atoms with Gasteiger partial charge in [-0.25, -0.2) is 0 Å². The fourth-order valence-electron chi connectivity index (χ4n) is 1.10. The van der Waals surface area contributed by atoms with E-state index in [9.17, 15) is 0 Å². The third-order valence-corrected chi connectivity index (χ3v) is 2.78. The third-order valence-electron chi connectivity index (χ3n) is 1.67. The Balaban J connectivity index is 0.000000791. The Bertz CT molecular complexity index is 312. The number of aryl methyl sites for hydroxylation is 1. The summed E-state index contributed by atoms with van der Waals surface area (Å²) < 4.78 is 0. The van der Waals surface area contributed by atoms with Crippen molar-refractivity contribution in [2.24, 2.45) is 0 Å². The average Bonchev–Trinajstić information content (AvgIpc) is 2.51. The number of thiophene rings is 1. The molecule has 0 nitrogen and oxygen atoms in total. The molecule has 1 heterocycles. The van der Waals surface area contributed by atoms with E-state index >= 15 is 0 Å². The van der Waals surface area contributed by atoms with Crippen molar-refractivity contribution in [3.05, 3.63) is 33.5 Å². The molecule has 0 atom stereocenters. The summed E-state index contributed by atoms with van der Waals surface area (Å²) in [4.78, 5) is 1.27. The molecule has 0 aliphatic heterocycles. The summed E-state index contributed by atoms with van der Waals surface area (Å²) in [7, 11) is 0. The van der Waals surface area contributed by atoms with Crippen molar-refractivity contribution in [2.45, 2.75) is 34.6 Å². The monoisotopic (exact) mass is 208 g/mol. The molecule has 0 fully saturated rings. The molecule has 78 valence electrons. The van der Waals surface area contributed by atoms with Gasteiger partial charge in [0.2, 0.25) is 0 Å². The van der Waals surface area contributed by atoms with Gasteiger partial charge in [0.05, 0.1) is 0 Å². The first kappa shape index (κ1) is 13.2. The van der Waals surface area contributed by atoms with Crippen molar-refractivity contribution in [3.63, 3.8) is 0 Å². The van der Waals surface area contributed by atoms with Gasteiger partial charge in [-0.2, -0.15) is 0 Å². The molecular formula is C13H20S. The maximum absolute atomic E-state index is 3.79. The van der Waals surface area contributed by atoms with Crippen LogP contribution in [0.5, 0.6) is 0 Å². The summed E-state index contributed by atoms with van der Waals surface area (Å²) in [6, 6.07) is 0. The van der Waals surface area contributed by atoms with Gasteiger partial charge < -0.3 is 0 Å². The van der Waals surface area contributed by atoms with Gasteiger partial charge >= 0.3 is 0 Å². The zero-order valence-electron chi connectivity index (χ0n) is 9.85. The van der Waals surface area contributed by atoms with E-state index in [1.54, 1.807) is 11.3 Å². The van der Waals surface area contributed by atoms with Crippen LogP contribution >= 0.6 is 11.3 Å². The molecule has 0 bridgehead atoms. The van der Waals surface area contributed by atoms with Gasteiger partial charge in [0.25, 0.3) is 0 Å². The van der Waals surface area contributed by atoms with E-state index in [2.05, 4.69) is 38.8 Å². The highest BCUT2D eigenvalue weighted by Crippen LogP contribution is 2.25. The Kier molecular flexibility index (Phi) is 6.22. The molecule has 0 radical (unpaired) electrons. The Morgan fingerprint density at radius 3 is 2.36 bits per heavy atom. The molecule has 14 heavy (non-hydrogen) atoms.